The highest BCUT2D eigenvalue weighted by atomic mass is 32.1. The van der Waals surface area contributed by atoms with Gasteiger partial charge in [-0.1, -0.05) is 47.7 Å². The van der Waals surface area contributed by atoms with Crippen LogP contribution in [0.4, 0.5) is 5.13 Å². The molecule has 0 aliphatic carbocycles. The van der Waals surface area contributed by atoms with Gasteiger partial charge >= 0.3 is 0 Å². The smallest absolute Gasteiger partial charge is 0.224 e. The summed E-state index contributed by atoms with van der Waals surface area (Å²) >= 11 is 1.75. The number of carbonyl (C=O) groups excluding carboxylic acids is 1. The van der Waals surface area contributed by atoms with E-state index in [0.29, 0.717) is 0 Å². The minimum Gasteiger partial charge on any atom is -0.356 e. The van der Waals surface area contributed by atoms with E-state index in [2.05, 4.69) is 60.5 Å². The lowest BCUT2D eigenvalue weighted by Crippen LogP contribution is -2.43. The molecule has 1 atom stereocenters. The van der Waals surface area contributed by atoms with Crippen molar-refractivity contribution in [2.75, 3.05) is 24.5 Å². The summed E-state index contributed by atoms with van der Waals surface area (Å²) in [7, 11) is 0. The van der Waals surface area contributed by atoms with Gasteiger partial charge in [-0.3, -0.25) is 4.79 Å². The third-order valence-corrected chi connectivity index (χ3v) is 6.73. The SMILES string of the molecule is Cc1cc(C)c2nc(N3CCC[C@@H](C(=O)NCCCc4ccccc4)C3)sc2c1. The van der Waals surface area contributed by atoms with Crippen LogP contribution in [0, 0.1) is 19.8 Å². The van der Waals surface area contributed by atoms with E-state index >= 15 is 0 Å². The summed E-state index contributed by atoms with van der Waals surface area (Å²) in [6.07, 6.45) is 3.98. The van der Waals surface area contributed by atoms with Crippen LogP contribution in [-0.2, 0) is 11.2 Å². The van der Waals surface area contributed by atoms with Gasteiger partial charge in [0.1, 0.15) is 0 Å². The van der Waals surface area contributed by atoms with Crippen molar-refractivity contribution in [3.63, 3.8) is 0 Å². The molecule has 2 heterocycles. The average Bonchev–Trinajstić information content (AvgIpc) is 3.16. The summed E-state index contributed by atoms with van der Waals surface area (Å²) in [6.45, 7) is 6.74. The van der Waals surface area contributed by atoms with Gasteiger partial charge in [0.2, 0.25) is 5.91 Å². The lowest BCUT2D eigenvalue weighted by molar-refractivity contribution is -0.125. The Morgan fingerprint density at radius 3 is 2.90 bits per heavy atom. The van der Waals surface area contributed by atoms with E-state index in [9.17, 15) is 4.79 Å². The summed E-state index contributed by atoms with van der Waals surface area (Å²) in [5.74, 6) is 0.242. The maximum absolute atomic E-state index is 12.7. The monoisotopic (exact) mass is 407 g/mol. The second-order valence-corrected chi connectivity index (χ2v) is 9.10. The average molecular weight is 408 g/mol. The van der Waals surface area contributed by atoms with Gasteiger partial charge in [-0.05, 0) is 62.3 Å². The molecule has 4 rings (SSSR count). The summed E-state index contributed by atoms with van der Waals surface area (Å²) in [6, 6.07) is 14.8. The van der Waals surface area contributed by atoms with Crippen molar-refractivity contribution in [2.45, 2.75) is 39.5 Å². The van der Waals surface area contributed by atoms with Crippen molar-refractivity contribution in [3.05, 3.63) is 59.2 Å². The zero-order chi connectivity index (χ0) is 20.2. The highest BCUT2D eigenvalue weighted by molar-refractivity contribution is 7.22. The Kier molecular flexibility index (Phi) is 6.14. The van der Waals surface area contributed by atoms with Crippen molar-refractivity contribution in [1.29, 1.82) is 0 Å². The normalized spacial score (nSPS) is 16.9. The maximum Gasteiger partial charge on any atom is 0.224 e. The molecule has 2 aromatic carbocycles. The number of piperidine rings is 1. The molecular formula is C24H29N3OS. The van der Waals surface area contributed by atoms with Crippen molar-refractivity contribution in [3.8, 4) is 0 Å². The molecule has 0 radical (unpaired) electrons. The van der Waals surface area contributed by atoms with Crippen LogP contribution in [0.5, 0.6) is 0 Å². The fourth-order valence-corrected chi connectivity index (χ4v) is 5.33. The molecule has 29 heavy (non-hydrogen) atoms. The van der Waals surface area contributed by atoms with E-state index in [1.54, 1.807) is 11.3 Å². The van der Waals surface area contributed by atoms with Crippen LogP contribution < -0.4 is 10.2 Å². The molecule has 0 unspecified atom stereocenters. The Balaban J connectivity index is 1.33. The highest BCUT2D eigenvalue weighted by Crippen LogP contribution is 2.33. The molecule has 0 saturated carbocycles. The van der Waals surface area contributed by atoms with Crippen LogP contribution in [0.25, 0.3) is 10.2 Å². The fourth-order valence-electron chi connectivity index (χ4n) is 4.15. The van der Waals surface area contributed by atoms with Gasteiger partial charge in [-0.15, -0.1) is 0 Å². The topological polar surface area (TPSA) is 45.2 Å². The second kappa shape index (κ2) is 8.95. The Labute approximate surface area is 177 Å². The second-order valence-electron chi connectivity index (χ2n) is 8.09. The van der Waals surface area contributed by atoms with Crippen LogP contribution in [0.15, 0.2) is 42.5 Å². The van der Waals surface area contributed by atoms with Gasteiger partial charge in [0.25, 0.3) is 0 Å². The first-order valence-electron chi connectivity index (χ1n) is 10.5. The van der Waals surface area contributed by atoms with Crippen molar-refractivity contribution in [1.82, 2.24) is 10.3 Å². The number of hydrogen-bond donors (Lipinski definition) is 1. The number of nitrogens with zero attached hydrogens (tertiary/aromatic N) is 2. The van der Waals surface area contributed by atoms with Crippen LogP contribution in [0.1, 0.15) is 36.0 Å². The number of benzene rings is 2. The lowest BCUT2D eigenvalue weighted by atomic mass is 9.97. The number of fused-ring (bicyclic) bond motifs is 1. The van der Waals surface area contributed by atoms with Crippen molar-refractivity contribution in [2.24, 2.45) is 5.92 Å². The van der Waals surface area contributed by atoms with E-state index in [1.165, 1.54) is 21.4 Å². The third kappa shape index (κ3) is 4.78. The first-order chi connectivity index (χ1) is 14.1. The Morgan fingerprint density at radius 2 is 2.07 bits per heavy atom. The molecule has 1 saturated heterocycles. The number of nitrogens with one attached hydrogen (secondary N) is 1. The van der Waals surface area contributed by atoms with Crippen molar-refractivity contribution < 1.29 is 4.79 Å². The summed E-state index contributed by atoms with van der Waals surface area (Å²) in [5.41, 5.74) is 4.93. The molecule has 1 aliphatic heterocycles. The molecule has 1 aliphatic rings. The first kappa shape index (κ1) is 19.9. The highest BCUT2D eigenvalue weighted by Gasteiger charge is 2.27. The molecule has 1 aromatic heterocycles. The van der Waals surface area contributed by atoms with Crippen LogP contribution >= 0.6 is 11.3 Å². The molecular weight excluding hydrogens is 378 g/mol. The molecule has 1 fully saturated rings. The number of thiazole rings is 1. The number of aromatic nitrogens is 1. The summed E-state index contributed by atoms with van der Waals surface area (Å²) < 4.78 is 1.24. The van der Waals surface area contributed by atoms with Crippen LogP contribution in [-0.4, -0.2) is 30.5 Å². The summed E-state index contributed by atoms with van der Waals surface area (Å²) in [5, 5.41) is 4.21. The number of carbonyl (C=O) groups is 1. The number of amides is 1. The number of anilines is 1. The Morgan fingerprint density at radius 1 is 1.24 bits per heavy atom. The van der Waals surface area contributed by atoms with Gasteiger partial charge in [-0.2, -0.15) is 0 Å². The molecule has 1 amide bonds. The van der Waals surface area contributed by atoms with E-state index in [0.717, 1.165) is 56.0 Å². The number of rotatable bonds is 6. The first-order valence-corrected chi connectivity index (χ1v) is 11.4. The molecule has 0 bridgehead atoms. The summed E-state index contributed by atoms with van der Waals surface area (Å²) in [4.78, 5) is 19.9. The van der Waals surface area contributed by atoms with Gasteiger partial charge in [0.15, 0.2) is 5.13 Å². The molecule has 1 N–H and O–H groups in total. The van der Waals surface area contributed by atoms with Crippen molar-refractivity contribution >= 4 is 32.6 Å². The van der Waals surface area contributed by atoms with E-state index in [-0.39, 0.29) is 11.8 Å². The Hall–Kier alpha value is -2.40. The standard InChI is InChI=1S/C24H29N3OS/c1-17-14-18(2)22-21(15-17)29-24(26-22)27-13-7-11-20(16-27)23(28)25-12-6-10-19-8-4-3-5-9-19/h3-5,8-9,14-15,20H,6-7,10-13,16H2,1-2H3,(H,25,28)/t20-/m1/s1. The van der Waals surface area contributed by atoms with E-state index in [1.807, 2.05) is 6.07 Å². The van der Waals surface area contributed by atoms with Gasteiger partial charge in [-0.25, -0.2) is 4.98 Å². The lowest BCUT2D eigenvalue weighted by Gasteiger charge is -2.31. The maximum atomic E-state index is 12.7. The van der Waals surface area contributed by atoms with Crippen LogP contribution in [0.3, 0.4) is 0 Å². The number of hydrogen-bond acceptors (Lipinski definition) is 4. The minimum absolute atomic E-state index is 0.0512. The van der Waals surface area contributed by atoms with Gasteiger partial charge in [0.05, 0.1) is 16.1 Å². The van der Waals surface area contributed by atoms with E-state index < -0.39 is 0 Å². The zero-order valence-corrected chi connectivity index (χ0v) is 18.1. The fraction of sp³-hybridized carbons (Fsp3) is 0.417. The van der Waals surface area contributed by atoms with Crippen LogP contribution in [0.2, 0.25) is 0 Å². The predicted octanol–water partition coefficient (Wildman–Crippen LogP) is 4.88. The largest absolute Gasteiger partial charge is 0.356 e. The predicted molar refractivity (Wildman–Crippen MR) is 122 cm³/mol. The molecule has 0 spiro atoms. The zero-order valence-electron chi connectivity index (χ0n) is 17.3. The number of aryl methyl sites for hydroxylation is 3. The Bertz CT molecular complexity index is 982. The minimum atomic E-state index is 0.0512. The third-order valence-electron chi connectivity index (χ3n) is 5.67. The molecule has 152 valence electrons. The molecule has 4 nitrogen and oxygen atoms in total. The van der Waals surface area contributed by atoms with E-state index in [4.69, 9.17) is 4.98 Å². The van der Waals surface area contributed by atoms with Gasteiger partial charge < -0.3 is 10.2 Å². The van der Waals surface area contributed by atoms with Gasteiger partial charge in [0, 0.05) is 19.6 Å². The molecule has 5 heteroatoms. The quantitative estimate of drug-likeness (QED) is 0.593. The molecule has 3 aromatic rings.